The molecule has 0 atom stereocenters. The fourth-order valence-electron chi connectivity index (χ4n) is 3.77. The highest BCUT2D eigenvalue weighted by Crippen LogP contribution is 2.22. The van der Waals surface area contributed by atoms with Crippen LogP contribution in [0.4, 0.5) is 11.4 Å². The number of nitrogens with one attached hydrogen (secondary N) is 1. The maximum Gasteiger partial charge on any atom is 0.256 e. The van der Waals surface area contributed by atoms with E-state index < -0.39 is 0 Å². The Balaban J connectivity index is 1.49. The third-order valence-electron chi connectivity index (χ3n) is 5.40. The molecule has 0 spiro atoms. The third-order valence-corrected chi connectivity index (χ3v) is 5.40. The number of anilines is 2. The largest absolute Gasteiger partial charge is 0.369 e. The van der Waals surface area contributed by atoms with E-state index in [1.54, 1.807) is 0 Å². The molecule has 144 valence electrons. The van der Waals surface area contributed by atoms with Crippen LogP contribution in [0.1, 0.15) is 23.0 Å². The molecule has 2 aromatic carbocycles. The lowest BCUT2D eigenvalue weighted by Crippen LogP contribution is -2.46. The summed E-state index contributed by atoms with van der Waals surface area (Å²) in [5.41, 5.74) is 4.35. The van der Waals surface area contributed by atoms with Crippen molar-refractivity contribution >= 4 is 28.2 Å². The van der Waals surface area contributed by atoms with Gasteiger partial charge in [-0.05, 0) is 49.9 Å². The second-order valence-corrected chi connectivity index (χ2v) is 7.25. The van der Waals surface area contributed by atoms with E-state index in [0.717, 1.165) is 55.0 Å². The Bertz CT molecular complexity index is 976. The third kappa shape index (κ3) is 3.85. The van der Waals surface area contributed by atoms with Crippen LogP contribution in [0.25, 0.3) is 10.9 Å². The van der Waals surface area contributed by atoms with Crippen LogP contribution in [0, 0.1) is 6.92 Å². The van der Waals surface area contributed by atoms with Gasteiger partial charge in [0.25, 0.3) is 5.91 Å². The van der Waals surface area contributed by atoms with E-state index >= 15 is 0 Å². The highest BCUT2D eigenvalue weighted by atomic mass is 16.1. The lowest BCUT2D eigenvalue weighted by Gasteiger charge is -2.35. The molecule has 2 heterocycles. The maximum atomic E-state index is 12.9. The Morgan fingerprint density at radius 2 is 1.75 bits per heavy atom. The van der Waals surface area contributed by atoms with Gasteiger partial charge in [-0.15, -0.1) is 0 Å². The number of hydrogen-bond acceptors (Lipinski definition) is 4. The predicted octanol–water partition coefficient (Wildman–Crippen LogP) is 3.94. The highest BCUT2D eigenvalue weighted by molar-refractivity contribution is 6.12. The molecule has 1 aromatic heterocycles. The zero-order valence-electron chi connectivity index (χ0n) is 16.5. The van der Waals surface area contributed by atoms with Crippen molar-refractivity contribution in [3.8, 4) is 0 Å². The quantitative estimate of drug-likeness (QED) is 0.752. The molecule has 1 fully saturated rings. The summed E-state index contributed by atoms with van der Waals surface area (Å²) in [4.78, 5) is 22.3. The monoisotopic (exact) mass is 374 g/mol. The Labute approximate surface area is 166 Å². The standard InChI is InChI=1S/C23H26N4O/c1-3-26-12-14-27(15-13-26)19-10-8-18(9-11-19)25-23(28)21-16-17(2)24-22-7-5-4-6-20(21)22/h4-11,16H,3,12-15H2,1-2H3,(H,25,28). The Morgan fingerprint density at radius 3 is 2.46 bits per heavy atom. The van der Waals surface area contributed by atoms with Crippen molar-refractivity contribution in [2.45, 2.75) is 13.8 Å². The number of carbonyl (C=O) groups is 1. The van der Waals surface area contributed by atoms with Gasteiger partial charge < -0.3 is 15.1 Å². The first-order chi connectivity index (χ1) is 13.6. The van der Waals surface area contributed by atoms with Gasteiger partial charge in [-0.3, -0.25) is 9.78 Å². The fraction of sp³-hybridized carbons (Fsp3) is 0.304. The van der Waals surface area contributed by atoms with Crippen molar-refractivity contribution in [3.05, 3.63) is 65.9 Å². The Hall–Kier alpha value is -2.92. The normalized spacial score (nSPS) is 15.0. The minimum absolute atomic E-state index is 0.106. The zero-order chi connectivity index (χ0) is 19.5. The summed E-state index contributed by atoms with van der Waals surface area (Å²) in [5.74, 6) is -0.106. The van der Waals surface area contributed by atoms with Crippen molar-refractivity contribution in [1.82, 2.24) is 9.88 Å². The molecule has 3 aromatic rings. The number of para-hydroxylation sites is 1. The number of carbonyl (C=O) groups excluding carboxylic acids is 1. The molecule has 1 aliphatic heterocycles. The topological polar surface area (TPSA) is 48.5 Å². The molecule has 0 unspecified atom stereocenters. The van der Waals surface area contributed by atoms with Crippen LogP contribution >= 0.6 is 0 Å². The van der Waals surface area contributed by atoms with Crippen LogP contribution in [0.5, 0.6) is 0 Å². The molecule has 1 N–H and O–H groups in total. The van der Waals surface area contributed by atoms with E-state index in [1.807, 2.05) is 49.4 Å². The number of fused-ring (bicyclic) bond motifs is 1. The van der Waals surface area contributed by atoms with Gasteiger partial charge in [-0.2, -0.15) is 0 Å². The second-order valence-electron chi connectivity index (χ2n) is 7.25. The highest BCUT2D eigenvalue weighted by Gasteiger charge is 2.16. The first kappa shape index (κ1) is 18.4. The number of aromatic nitrogens is 1. The minimum Gasteiger partial charge on any atom is -0.369 e. The maximum absolute atomic E-state index is 12.9. The van der Waals surface area contributed by atoms with Crippen molar-refractivity contribution in [2.24, 2.45) is 0 Å². The molecule has 5 heteroatoms. The van der Waals surface area contributed by atoms with Crippen molar-refractivity contribution in [3.63, 3.8) is 0 Å². The average Bonchev–Trinajstić information content (AvgIpc) is 2.73. The van der Waals surface area contributed by atoms with Gasteiger partial charge in [-0.1, -0.05) is 25.1 Å². The summed E-state index contributed by atoms with van der Waals surface area (Å²) in [6, 6.07) is 17.7. The van der Waals surface area contributed by atoms with E-state index in [4.69, 9.17) is 0 Å². The van der Waals surface area contributed by atoms with Crippen LogP contribution in [0.3, 0.4) is 0 Å². The number of likely N-dealkylation sites (N-methyl/N-ethyl adjacent to an activating group) is 1. The van der Waals surface area contributed by atoms with Crippen LogP contribution < -0.4 is 10.2 Å². The molecular weight excluding hydrogens is 348 g/mol. The SMILES string of the molecule is CCN1CCN(c2ccc(NC(=O)c3cc(C)nc4ccccc34)cc2)CC1. The Morgan fingerprint density at radius 1 is 1.04 bits per heavy atom. The fourth-order valence-corrected chi connectivity index (χ4v) is 3.77. The molecule has 5 nitrogen and oxygen atoms in total. The smallest absolute Gasteiger partial charge is 0.256 e. The molecule has 0 bridgehead atoms. The summed E-state index contributed by atoms with van der Waals surface area (Å²) in [6.45, 7) is 9.52. The molecule has 28 heavy (non-hydrogen) atoms. The van der Waals surface area contributed by atoms with Crippen LogP contribution in [-0.4, -0.2) is 48.5 Å². The van der Waals surface area contributed by atoms with E-state index in [9.17, 15) is 4.79 Å². The summed E-state index contributed by atoms with van der Waals surface area (Å²) in [7, 11) is 0. The second kappa shape index (κ2) is 7.98. The predicted molar refractivity (Wildman–Crippen MR) is 115 cm³/mol. The minimum atomic E-state index is -0.106. The number of rotatable bonds is 4. The van der Waals surface area contributed by atoms with Gasteiger partial charge in [-0.25, -0.2) is 0 Å². The van der Waals surface area contributed by atoms with E-state index in [0.29, 0.717) is 5.56 Å². The number of amides is 1. The lowest BCUT2D eigenvalue weighted by molar-refractivity contribution is 0.102. The van der Waals surface area contributed by atoms with E-state index in [1.165, 1.54) is 5.69 Å². The lowest BCUT2D eigenvalue weighted by atomic mass is 10.1. The number of hydrogen-bond donors (Lipinski definition) is 1. The first-order valence-corrected chi connectivity index (χ1v) is 9.89. The van der Waals surface area contributed by atoms with Crippen molar-refractivity contribution in [1.29, 1.82) is 0 Å². The van der Waals surface area contributed by atoms with Gasteiger partial charge >= 0.3 is 0 Å². The molecular formula is C23H26N4O. The van der Waals surface area contributed by atoms with Gasteiger partial charge in [0.2, 0.25) is 0 Å². The first-order valence-electron chi connectivity index (χ1n) is 9.89. The molecule has 1 aliphatic rings. The van der Waals surface area contributed by atoms with Crippen LogP contribution in [0.2, 0.25) is 0 Å². The summed E-state index contributed by atoms with van der Waals surface area (Å²) >= 11 is 0. The van der Waals surface area contributed by atoms with Gasteiger partial charge in [0.15, 0.2) is 0 Å². The molecule has 1 amide bonds. The summed E-state index contributed by atoms with van der Waals surface area (Å²) in [6.07, 6.45) is 0. The summed E-state index contributed by atoms with van der Waals surface area (Å²) < 4.78 is 0. The molecule has 1 saturated heterocycles. The van der Waals surface area contributed by atoms with Gasteiger partial charge in [0, 0.05) is 48.6 Å². The average molecular weight is 374 g/mol. The van der Waals surface area contributed by atoms with E-state index in [2.05, 4.69) is 39.2 Å². The van der Waals surface area contributed by atoms with Crippen molar-refractivity contribution < 1.29 is 4.79 Å². The number of nitrogens with zero attached hydrogens (tertiary/aromatic N) is 3. The summed E-state index contributed by atoms with van der Waals surface area (Å²) in [5, 5.41) is 3.90. The molecule has 0 aliphatic carbocycles. The number of aryl methyl sites for hydroxylation is 1. The zero-order valence-corrected chi connectivity index (χ0v) is 16.5. The number of piperazine rings is 1. The Kier molecular flexibility index (Phi) is 5.26. The number of benzene rings is 2. The number of pyridine rings is 1. The van der Waals surface area contributed by atoms with Crippen LogP contribution in [0.15, 0.2) is 54.6 Å². The molecule has 0 radical (unpaired) electrons. The molecule has 0 saturated carbocycles. The molecule has 4 rings (SSSR count). The van der Waals surface area contributed by atoms with Gasteiger partial charge in [0.05, 0.1) is 11.1 Å². The van der Waals surface area contributed by atoms with Gasteiger partial charge in [0.1, 0.15) is 0 Å². The van der Waals surface area contributed by atoms with Crippen LogP contribution in [-0.2, 0) is 0 Å². The van der Waals surface area contributed by atoms with Crippen molar-refractivity contribution in [2.75, 3.05) is 42.9 Å². The van der Waals surface area contributed by atoms with E-state index in [-0.39, 0.29) is 5.91 Å².